The fourth-order valence-electron chi connectivity index (χ4n) is 2.65. The standard InChI is InChI=1S/C18H22O5/c1-11-7-12(2)9-15(8-11)16-5-6-17(22-14(4)20)18(23-16)10-21-13(3)19/h5-9,16-18H,10H2,1-4H3/t16-,17+,18+/m0/s1. The van der Waals surface area contributed by atoms with Crippen molar-refractivity contribution in [3.63, 3.8) is 0 Å². The molecule has 1 heterocycles. The van der Waals surface area contributed by atoms with Gasteiger partial charge in [-0.25, -0.2) is 0 Å². The SMILES string of the molecule is CC(=O)OC[C@H]1O[C@H](c2cc(C)cc(C)c2)C=C[C@H]1OC(C)=O. The largest absolute Gasteiger partial charge is 0.463 e. The zero-order valence-corrected chi connectivity index (χ0v) is 13.9. The predicted molar refractivity (Wildman–Crippen MR) is 84.9 cm³/mol. The van der Waals surface area contributed by atoms with E-state index in [4.69, 9.17) is 14.2 Å². The second-order valence-corrected chi connectivity index (χ2v) is 5.78. The van der Waals surface area contributed by atoms with Crippen molar-refractivity contribution in [2.24, 2.45) is 0 Å². The molecule has 0 fully saturated rings. The molecular formula is C18H22O5. The maximum atomic E-state index is 11.2. The third-order valence-electron chi connectivity index (χ3n) is 3.49. The van der Waals surface area contributed by atoms with Gasteiger partial charge >= 0.3 is 11.9 Å². The summed E-state index contributed by atoms with van der Waals surface area (Å²) in [6, 6.07) is 6.20. The van der Waals surface area contributed by atoms with Gasteiger partial charge in [-0.2, -0.15) is 0 Å². The minimum absolute atomic E-state index is 0.0406. The van der Waals surface area contributed by atoms with Gasteiger partial charge in [0.1, 0.15) is 24.9 Å². The molecule has 0 unspecified atom stereocenters. The Kier molecular flexibility index (Phi) is 5.55. The molecule has 1 aliphatic heterocycles. The topological polar surface area (TPSA) is 61.8 Å². The Labute approximate surface area is 136 Å². The molecule has 0 amide bonds. The van der Waals surface area contributed by atoms with E-state index in [2.05, 4.69) is 18.2 Å². The van der Waals surface area contributed by atoms with E-state index < -0.39 is 24.1 Å². The van der Waals surface area contributed by atoms with Crippen LogP contribution in [0, 0.1) is 13.8 Å². The Morgan fingerprint density at radius 2 is 1.70 bits per heavy atom. The summed E-state index contributed by atoms with van der Waals surface area (Å²) in [5, 5.41) is 0. The molecule has 0 bridgehead atoms. The number of hydrogen-bond acceptors (Lipinski definition) is 5. The van der Waals surface area contributed by atoms with E-state index in [1.807, 2.05) is 19.9 Å². The summed E-state index contributed by atoms with van der Waals surface area (Å²) < 4.78 is 16.3. The van der Waals surface area contributed by atoms with E-state index in [-0.39, 0.29) is 12.7 Å². The Balaban J connectivity index is 2.20. The van der Waals surface area contributed by atoms with Crippen LogP contribution in [0.15, 0.2) is 30.4 Å². The summed E-state index contributed by atoms with van der Waals surface area (Å²) in [5.74, 6) is -0.798. The van der Waals surface area contributed by atoms with E-state index in [1.165, 1.54) is 13.8 Å². The number of aryl methyl sites for hydroxylation is 2. The number of carbonyl (C=O) groups excluding carboxylic acids is 2. The zero-order chi connectivity index (χ0) is 17.0. The smallest absolute Gasteiger partial charge is 0.303 e. The molecule has 3 atom stereocenters. The highest BCUT2D eigenvalue weighted by Crippen LogP contribution is 2.29. The maximum absolute atomic E-state index is 11.2. The summed E-state index contributed by atoms with van der Waals surface area (Å²) in [6.07, 6.45) is 2.31. The average molecular weight is 318 g/mol. The summed E-state index contributed by atoms with van der Waals surface area (Å²) in [7, 11) is 0. The van der Waals surface area contributed by atoms with Gasteiger partial charge in [-0.15, -0.1) is 0 Å². The second kappa shape index (κ2) is 7.42. The average Bonchev–Trinajstić information content (AvgIpc) is 2.44. The van der Waals surface area contributed by atoms with Gasteiger partial charge < -0.3 is 14.2 Å². The third-order valence-corrected chi connectivity index (χ3v) is 3.49. The first-order valence-electron chi connectivity index (χ1n) is 7.57. The number of hydrogen-bond donors (Lipinski definition) is 0. The lowest BCUT2D eigenvalue weighted by molar-refractivity contribution is -0.163. The molecule has 2 rings (SSSR count). The molecule has 0 aliphatic carbocycles. The number of benzene rings is 1. The molecule has 0 radical (unpaired) electrons. The number of ether oxygens (including phenoxy) is 3. The van der Waals surface area contributed by atoms with E-state index in [0.29, 0.717) is 0 Å². The van der Waals surface area contributed by atoms with Crippen LogP contribution >= 0.6 is 0 Å². The first kappa shape index (κ1) is 17.2. The van der Waals surface area contributed by atoms with Crippen LogP contribution in [0.3, 0.4) is 0 Å². The van der Waals surface area contributed by atoms with Crippen molar-refractivity contribution in [3.8, 4) is 0 Å². The van der Waals surface area contributed by atoms with E-state index in [0.717, 1.165) is 16.7 Å². The summed E-state index contributed by atoms with van der Waals surface area (Å²) >= 11 is 0. The van der Waals surface area contributed by atoms with Gasteiger partial charge in [-0.05, 0) is 25.5 Å². The Morgan fingerprint density at radius 3 is 2.26 bits per heavy atom. The number of carbonyl (C=O) groups is 2. The lowest BCUT2D eigenvalue weighted by Gasteiger charge is -2.31. The molecule has 5 nitrogen and oxygen atoms in total. The lowest BCUT2D eigenvalue weighted by Crippen LogP contribution is -2.39. The molecule has 124 valence electrons. The van der Waals surface area contributed by atoms with Gasteiger partial charge in [-0.1, -0.05) is 35.4 Å². The van der Waals surface area contributed by atoms with E-state index in [1.54, 1.807) is 6.08 Å². The van der Waals surface area contributed by atoms with Gasteiger partial charge in [0.15, 0.2) is 0 Å². The molecule has 1 aromatic carbocycles. The van der Waals surface area contributed by atoms with Gasteiger partial charge in [-0.3, -0.25) is 9.59 Å². The zero-order valence-electron chi connectivity index (χ0n) is 13.9. The molecular weight excluding hydrogens is 296 g/mol. The molecule has 0 spiro atoms. The van der Waals surface area contributed by atoms with Crippen LogP contribution in [0.25, 0.3) is 0 Å². The van der Waals surface area contributed by atoms with Crippen molar-refractivity contribution in [1.29, 1.82) is 0 Å². The van der Waals surface area contributed by atoms with Gasteiger partial charge in [0.05, 0.1) is 0 Å². The third kappa shape index (κ3) is 4.93. The van der Waals surface area contributed by atoms with Crippen molar-refractivity contribution in [1.82, 2.24) is 0 Å². The van der Waals surface area contributed by atoms with E-state index >= 15 is 0 Å². The molecule has 23 heavy (non-hydrogen) atoms. The highest BCUT2D eigenvalue weighted by atomic mass is 16.6. The first-order valence-corrected chi connectivity index (χ1v) is 7.57. The predicted octanol–water partition coefficient (Wildman–Crippen LogP) is 2.79. The highest BCUT2D eigenvalue weighted by Gasteiger charge is 2.31. The van der Waals surface area contributed by atoms with Crippen LogP contribution in [0.1, 0.15) is 36.6 Å². The van der Waals surface area contributed by atoms with Crippen LogP contribution in [-0.2, 0) is 23.8 Å². The molecule has 5 heteroatoms. The summed E-state index contributed by atoms with van der Waals surface area (Å²) in [4.78, 5) is 22.3. The molecule has 0 saturated carbocycles. The maximum Gasteiger partial charge on any atom is 0.303 e. The fourth-order valence-corrected chi connectivity index (χ4v) is 2.65. The number of esters is 2. The van der Waals surface area contributed by atoms with Crippen molar-refractivity contribution < 1.29 is 23.8 Å². The quantitative estimate of drug-likeness (QED) is 0.631. The van der Waals surface area contributed by atoms with Gasteiger partial charge in [0.2, 0.25) is 0 Å². The van der Waals surface area contributed by atoms with Crippen LogP contribution < -0.4 is 0 Å². The lowest BCUT2D eigenvalue weighted by atomic mass is 9.99. The monoisotopic (exact) mass is 318 g/mol. The molecule has 0 N–H and O–H groups in total. The van der Waals surface area contributed by atoms with Crippen molar-refractivity contribution in [2.45, 2.75) is 46.0 Å². The second-order valence-electron chi connectivity index (χ2n) is 5.78. The molecule has 0 saturated heterocycles. The molecule has 1 aromatic rings. The highest BCUT2D eigenvalue weighted by molar-refractivity contribution is 5.67. The van der Waals surface area contributed by atoms with Gasteiger partial charge in [0.25, 0.3) is 0 Å². The minimum Gasteiger partial charge on any atom is -0.463 e. The van der Waals surface area contributed by atoms with Crippen LogP contribution in [0.5, 0.6) is 0 Å². The van der Waals surface area contributed by atoms with Crippen LogP contribution in [0.4, 0.5) is 0 Å². The van der Waals surface area contributed by atoms with Gasteiger partial charge in [0, 0.05) is 13.8 Å². The molecule has 0 aromatic heterocycles. The minimum atomic E-state index is -0.561. The van der Waals surface area contributed by atoms with Crippen molar-refractivity contribution in [3.05, 3.63) is 47.0 Å². The van der Waals surface area contributed by atoms with Crippen LogP contribution in [-0.4, -0.2) is 30.8 Å². The number of rotatable bonds is 4. The Morgan fingerprint density at radius 1 is 1.04 bits per heavy atom. The fraction of sp³-hybridized carbons (Fsp3) is 0.444. The summed E-state index contributed by atoms with van der Waals surface area (Å²) in [6.45, 7) is 6.77. The summed E-state index contributed by atoms with van der Waals surface area (Å²) in [5.41, 5.74) is 3.32. The van der Waals surface area contributed by atoms with E-state index in [9.17, 15) is 9.59 Å². The normalized spacial score (nSPS) is 23.4. The molecule has 1 aliphatic rings. The van der Waals surface area contributed by atoms with Crippen molar-refractivity contribution in [2.75, 3.05) is 6.61 Å². The first-order chi connectivity index (χ1) is 10.8. The Hall–Kier alpha value is -2.14. The van der Waals surface area contributed by atoms with Crippen LogP contribution in [0.2, 0.25) is 0 Å². The Bertz CT molecular complexity index is 600. The van der Waals surface area contributed by atoms with Crippen molar-refractivity contribution >= 4 is 11.9 Å².